The number of fused-ring (bicyclic) bond motifs is 1. The van der Waals surface area contributed by atoms with Crippen molar-refractivity contribution in [1.82, 2.24) is 0 Å². The van der Waals surface area contributed by atoms with Gasteiger partial charge in [0.25, 0.3) is 0 Å². The molecule has 0 spiro atoms. The van der Waals surface area contributed by atoms with Gasteiger partial charge in [-0.2, -0.15) is 0 Å². The highest BCUT2D eigenvalue weighted by molar-refractivity contribution is 6.06. The Morgan fingerprint density at radius 3 is 2.55 bits per heavy atom. The van der Waals surface area contributed by atoms with Crippen LogP contribution in [0.4, 0.5) is 0 Å². The van der Waals surface area contributed by atoms with Crippen molar-refractivity contribution >= 4 is 22.8 Å². The van der Waals surface area contributed by atoms with Crippen LogP contribution in [0.2, 0.25) is 0 Å². The summed E-state index contributed by atoms with van der Waals surface area (Å²) < 4.78 is 5.38. The van der Waals surface area contributed by atoms with E-state index in [1.54, 1.807) is 24.3 Å². The van der Waals surface area contributed by atoms with Crippen molar-refractivity contribution < 1.29 is 14.3 Å². The number of benzene rings is 2. The molecule has 1 N–H and O–H groups in total. The maximum absolute atomic E-state index is 12.3. The van der Waals surface area contributed by atoms with Gasteiger partial charge < -0.3 is 9.52 Å². The number of rotatable bonds is 3. The van der Waals surface area contributed by atoms with E-state index in [0.29, 0.717) is 22.1 Å². The monoisotopic (exact) mass is 292 g/mol. The molecular formula is C18H12O4. The lowest BCUT2D eigenvalue weighted by Crippen LogP contribution is -2.05. The van der Waals surface area contributed by atoms with Crippen LogP contribution in [0.3, 0.4) is 0 Å². The fourth-order valence-electron chi connectivity index (χ4n) is 2.10. The number of phenols is 1. The number of ketones is 1. The van der Waals surface area contributed by atoms with Crippen molar-refractivity contribution in [3.05, 3.63) is 82.2 Å². The van der Waals surface area contributed by atoms with Gasteiger partial charge in [0.1, 0.15) is 17.6 Å². The second kappa shape index (κ2) is 5.69. The van der Waals surface area contributed by atoms with Gasteiger partial charge >= 0.3 is 0 Å². The third-order valence-electron chi connectivity index (χ3n) is 3.27. The summed E-state index contributed by atoms with van der Waals surface area (Å²) in [6.45, 7) is 0. The van der Waals surface area contributed by atoms with Crippen LogP contribution in [0.15, 0.2) is 70.1 Å². The zero-order valence-corrected chi connectivity index (χ0v) is 11.5. The number of allylic oxidation sites excluding steroid dienone is 1. The second-order valence-electron chi connectivity index (χ2n) is 4.76. The Hall–Kier alpha value is -3.14. The highest BCUT2D eigenvalue weighted by Crippen LogP contribution is 2.13. The van der Waals surface area contributed by atoms with E-state index < -0.39 is 0 Å². The Bertz CT molecular complexity index is 918. The van der Waals surface area contributed by atoms with Crippen LogP contribution < -0.4 is 5.43 Å². The Morgan fingerprint density at radius 1 is 1.05 bits per heavy atom. The van der Waals surface area contributed by atoms with E-state index in [1.165, 1.54) is 42.7 Å². The summed E-state index contributed by atoms with van der Waals surface area (Å²) in [7, 11) is 0. The third kappa shape index (κ3) is 2.67. The maximum atomic E-state index is 12.3. The first-order chi connectivity index (χ1) is 10.6. The minimum absolute atomic E-state index is 0.0932. The van der Waals surface area contributed by atoms with Gasteiger partial charge in [0.2, 0.25) is 0 Å². The summed E-state index contributed by atoms with van der Waals surface area (Å²) in [6, 6.07) is 12.8. The minimum Gasteiger partial charge on any atom is -0.508 e. The molecule has 0 saturated carbocycles. The lowest BCUT2D eigenvalue weighted by molar-refractivity contribution is 0.104. The summed E-state index contributed by atoms with van der Waals surface area (Å²) in [6.07, 6.45) is 4.09. The molecule has 2 aromatic carbocycles. The second-order valence-corrected chi connectivity index (χ2v) is 4.76. The fourth-order valence-corrected chi connectivity index (χ4v) is 2.10. The smallest absolute Gasteiger partial charge is 0.199 e. The number of hydrogen-bond acceptors (Lipinski definition) is 4. The van der Waals surface area contributed by atoms with Gasteiger partial charge in [0, 0.05) is 5.56 Å². The molecule has 0 bridgehead atoms. The predicted molar refractivity (Wildman–Crippen MR) is 84.0 cm³/mol. The van der Waals surface area contributed by atoms with E-state index in [1.807, 2.05) is 0 Å². The van der Waals surface area contributed by atoms with Gasteiger partial charge in [-0.1, -0.05) is 12.1 Å². The average Bonchev–Trinajstić information content (AvgIpc) is 2.55. The largest absolute Gasteiger partial charge is 0.508 e. The van der Waals surface area contributed by atoms with E-state index in [2.05, 4.69) is 0 Å². The average molecular weight is 292 g/mol. The molecule has 4 heteroatoms. The number of phenolic OH excluding ortho intramolecular Hbond substituents is 1. The zero-order chi connectivity index (χ0) is 15.5. The topological polar surface area (TPSA) is 67.5 Å². The van der Waals surface area contributed by atoms with Gasteiger partial charge in [-0.3, -0.25) is 9.59 Å². The quantitative estimate of drug-likeness (QED) is 0.593. The molecule has 0 fully saturated rings. The molecule has 108 valence electrons. The van der Waals surface area contributed by atoms with E-state index in [-0.39, 0.29) is 17.0 Å². The van der Waals surface area contributed by atoms with Crippen molar-refractivity contribution in [2.45, 2.75) is 0 Å². The number of hydrogen-bond donors (Lipinski definition) is 1. The summed E-state index contributed by atoms with van der Waals surface area (Å²) >= 11 is 0. The molecular weight excluding hydrogens is 280 g/mol. The van der Waals surface area contributed by atoms with Crippen LogP contribution in [0.25, 0.3) is 17.0 Å². The number of carbonyl (C=O) groups is 1. The Balaban J connectivity index is 1.92. The highest BCUT2D eigenvalue weighted by Gasteiger charge is 2.05. The molecule has 0 aliphatic heterocycles. The molecule has 3 rings (SSSR count). The third-order valence-corrected chi connectivity index (χ3v) is 3.27. The highest BCUT2D eigenvalue weighted by atomic mass is 16.3. The zero-order valence-electron chi connectivity index (χ0n) is 11.5. The summed E-state index contributed by atoms with van der Waals surface area (Å²) in [5.41, 5.74) is 1.07. The summed E-state index contributed by atoms with van der Waals surface area (Å²) in [5, 5.41) is 9.67. The Kier molecular flexibility index (Phi) is 3.58. The maximum Gasteiger partial charge on any atom is 0.199 e. The molecule has 1 heterocycles. The molecule has 3 aromatic rings. The molecule has 0 aliphatic carbocycles. The lowest BCUT2D eigenvalue weighted by atomic mass is 10.1. The molecule has 0 radical (unpaired) electrons. The van der Waals surface area contributed by atoms with E-state index in [9.17, 15) is 14.7 Å². The van der Waals surface area contributed by atoms with Gasteiger partial charge in [0.15, 0.2) is 11.2 Å². The van der Waals surface area contributed by atoms with E-state index >= 15 is 0 Å². The summed E-state index contributed by atoms with van der Waals surface area (Å²) in [5.74, 6) is -0.164. The molecule has 22 heavy (non-hydrogen) atoms. The van der Waals surface area contributed by atoms with Gasteiger partial charge in [-0.25, -0.2) is 0 Å². The van der Waals surface area contributed by atoms with Crippen LogP contribution in [0.1, 0.15) is 15.9 Å². The molecule has 0 amide bonds. The first-order valence-electron chi connectivity index (χ1n) is 6.67. The number of carbonyl (C=O) groups excluding carboxylic acids is 1. The number of aromatic hydroxyl groups is 1. The van der Waals surface area contributed by atoms with Crippen molar-refractivity contribution in [3.8, 4) is 5.75 Å². The van der Waals surface area contributed by atoms with Crippen LogP contribution in [-0.2, 0) is 0 Å². The molecule has 0 atom stereocenters. The van der Waals surface area contributed by atoms with Crippen molar-refractivity contribution in [2.24, 2.45) is 0 Å². The van der Waals surface area contributed by atoms with Gasteiger partial charge in [-0.15, -0.1) is 0 Å². The van der Waals surface area contributed by atoms with Crippen molar-refractivity contribution in [1.29, 1.82) is 0 Å². The van der Waals surface area contributed by atoms with Gasteiger partial charge in [-0.05, 0) is 48.6 Å². The normalized spacial score (nSPS) is 11.1. The molecule has 0 aliphatic rings. The van der Waals surface area contributed by atoms with E-state index in [0.717, 1.165) is 0 Å². The minimum atomic E-state index is -0.257. The lowest BCUT2D eigenvalue weighted by Gasteiger charge is -1.98. The van der Waals surface area contributed by atoms with Crippen LogP contribution >= 0.6 is 0 Å². The van der Waals surface area contributed by atoms with Crippen molar-refractivity contribution in [3.63, 3.8) is 0 Å². The van der Waals surface area contributed by atoms with Crippen LogP contribution in [0.5, 0.6) is 5.75 Å². The summed E-state index contributed by atoms with van der Waals surface area (Å²) in [4.78, 5) is 24.3. The van der Waals surface area contributed by atoms with Crippen LogP contribution in [-0.4, -0.2) is 10.9 Å². The SMILES string of the molecule is O=C(C=Cc1coc2ccccc2c1=O)c1ccc(O)cc1. The fraction of sp³-hybridized carbons (Fsp3) is 0. The number of para-hydroxylation sites is 1. The Labute approximate surface area is 125 Å². The molecule has 0 unspecified atom stereocenters. The van der Waals surface area contributed by atoms with Crippen molar-refractivity contribution in [2.75, 3.05) is 0 Å². The molecule has 4 nitrogen and oxygen atoms in total. The first kappa shape index (κ1) is 13.8. The Morgan fingerprint density at radius 2 is 1.77 bits per heavy atom. The van der Waals surface area contributed by atoms with E-state index in [4.69, 9.17) is 4.42 Å². The predicted octanol–water partition coefficient (Wildman–Crippen LogP) is 3.39. The standard InChI is InChI=1S/C18H12O4/c19-14-8-5-12(6-9-14)16(20)10-7-13-11-22-17-4-2-1-3-15(17)18(13)21/h1-11,19H. The first-order valence-corrected chi connectivity index (χ1v) is 6.67. The van der Waals surface area contributed by atoms with Crippen LogP contribution in [0, 0.1) is 0 Å². The molecule has 0 saturated heterocycles. The van der Waals surface area contributed by atoms with Gasteiger partial charge in [0.05, 0.1) is 10.9 Å². The molecule has 1 aromatic heterocycles.